The molecule has 3 saturated heterocycles. The van der Waals surface area contributed by atoms with Gasteiger partial charge in [0.1, 0.15) is 11.9 Å². The highest BCUT2D eigenvalue weighted by Gasteiger charge is 2.62. The van der Waals surface area contributed by atoms with Crippen LogP contribution in [0.4, 0.5) is 10.1 Å². The monoisotopic (exact) mass is 351 g/mol. The number of benzene rings is 2. The predicted molar refractivity (Wildman–Crippen MR) is 93.4 cm³/mol. The van der Waals surface area contributed by atoms with Gasteiger partial charge < -0.3 is 0 Å². The molecule has 3 heterocycles. The molecule has 3 aliphatic heterocycles. The van der Waals surface area contributed by atoms with Crippen molar-refractivity contribution < 1.29 is 14.0 Å². The molecule has 0 aliphatic carbocycles. The van der Waals surface area contributed by atoms with Gasteiger partial charge in [0.15, 0.2) is 0 Å². The zero-order chi connectivity index (χ0) is 17.8. The molecule has 0 spiro atoms. The van der Waals surface area contributed by atoms with Crippen molar-refractivity contribution in [2.24, 2.45) is 5.92 Å². The molecule has 3 aliphatic rings. The Bertz CT molecular complexity index is 870. The molecule has 3 fully saturated rings. The maximum absolute atomic E-state index is 13.3. The number of amides is 2. The lowest BCUT2D eigenvalue weighted by Crippen LogP contribution is -2.44. The van der Waals surface area contributed by atoms with Gasteiger partial charge in [-0.25, -0.2) is 19.3 Å². The zero-order valence-corrected chi connectivity index (χ0v) is 14.1. The van der Waals surface area contributed by atoms with Crippen LogP contribution in [0.1, 0.15) is 18.0 Å². The van der Waals surface area contributed by atoms with E-state index in [1.165, 1.54) is 29.2 Å². The number of anilines is 1. The first-order valence-corrected chi connectivity index (χ1v) is 8.88. The highest BCUT2D eigenvalue weighted by atomic mass is 19.1. The number of fused-ring (bicyclic) bond motifs is 3. The molecule has 3 atom stereocenters. The van der Waals surface area contributed by atoms with E-state index in [2.05, 4.69) is 10.0 Å². The van der Waals surface area contributed by atoms with Crippen molar-refractivity contribution in [3.63, 3.8) is 0 Å². The average molecular weight is 351 g/mol. The molecule has 2 amide bonds. The van der Waals surface area contributed by atoms with E-state index in [0.29, 0.717) is 5.69 Å². The minimum Gasteiger partial charge on any atom is -0.274 e. The Morgan fingerprint density at radius 1 is 0.808 bits per heavy atom. The van der Waals surface area contributed by atoms with Crippen LogP contribution in [0.2, 0.25) is 0 Å². The Hall–Kier alpha value is -2.57. The van der Waals surface area contributed by atoms with Crippen molar-refractivity contribution in [3.8, 4) is 0 Å². The fourth-order valence-electron chi connectivity index (χ4n) is 4.61. The largest absolute Gasteiger partial charge is 0.274 e. The molecule has 132 valence electrons. The normalized spacial score (nSPS) is 28.7. The second-order valence-corrected chi connectivity index (χ2v) is 6.99. The Morgan fingerprint density at radius 3 is 2.15 bits per heavy atom. The highest BCUT2D eigenvalue weighted by Crippen LogP contribution is 2.48. The van der Waals surface area contributed by atoms with Crippen molar-refractivity contribution in [1.29, 1.82) is 0 Å². The molecule has 5 nitrogen and oxygen atoms in total. The first-order valence-electron chi connectivity index (χ1n) is 8.88. The number of carbonyl (C=O) groups excluding carboxylic acids is 2. The molecular weight excluding hydrogens is 333 g/mol. The summed E-state index contributed by atoms with van der Waals surface area (Å²) < 4.78 is 13.3. The zero-order valence-electron chi connectivity index (χ0n) is 14.1. The fraction of sp³-hybridized carbons (Fsp3) is 0.300. The van der Waals surface area contributed by atoms with E-state index in [0.717, 1.165) is 25.1 Å². The second-order valence-electron chi connectivity index (χ2n) is 6.99. The number of hydrazine groups is 1. The average Bonchev–Trinajstić information content (AvgIpc) is 3.29. The van der Waals surface area contributed by atoms with Crippen LogP contribution < -0.4 is 4.90 Å². The third-order valence-corrected chi connectivity index (χ3v) is 5.63. The number of carbonyl (C=O) groups is 2. The first kappa shape index (κ1) is 15.7. The Labute approximate surface area is 150 Å². The Morgan fingerprint density at radius 2 is 1.46 bits per heavy atom. The van der Waals surface area contributed by atoms with E-state index >= 15 is 0 Å². The Kier molecular flexibility index (Phi) is 3.45. The van der Waals surface area contributed by atoms with Crippen molar-refractivity contribution in [2.75, 3.05) is 18.0 Å². The van der Waals surface area contributed by atoms with Gasteiger partial charge in [0.25, 0.3) is 5.91 Å². The number of rotatable bonds is 2. The van der Waals surface area contributed by atoms with E-state index in [1.807, 2.05) is 30.3 Å². The molecule has 2 aromatic carbocycles. The summed E-state index contributed by atoms with van der Waals surface area (Å²) in [5, 5.41) is 4.24. The SMILES string of the molecule is O=C1[C@@H]2[C@H](C(=O)N1c1ccc(F)cc1)N1CCCN1[C@H]2c1ccccc1. The van der Waals surface area contributed by atoms with Gasteiger partial charge >= 0.3 is 0 Å². The summed E-state index contributed by atoms with van der Waals surface area (Å²) in [6.45, 7) is 1.63. The van der Waals surface area contributed by atoms with Crippen LogP contribution in [0.15, 0.2) is 54.6 Å². The van der Waals surface area contributed by atoms with Crippen LogP contribution in [0, 0.1) is 11.7 Å². The fourth-order valence-corrected chi connectivity index (χ4v) is 4.61. The van der Waals surface area contributed by atoms with Crippen molar-refractivity contribution >= 4 is 17.5 Å². The summed E-state index contributed by atoms with van der Waals surface area (Å²) in [6, 6.07) is 14.8. The lowest BCUT2D eigenvalue weighted by Gasteiger charge is -2.29. The van der Waals surface area contributed by atoms with Crippen LogP contribution in [-0.4, -0.2) is 41.0 Å². The number of hydrogen-bond acceptors (Lipinski definition) is 4. The minimum atomic E-state index is -0.472. The Balaban J connectivity index is 1.58. The molecule has 0 bridgehead atoms. The van der Waals surface area contributed by atoms with E-state index in [4.69, 9.17) is 0 Å². The van der Waals surface area contributed by atoms with Crippen LogP contribution in [-0.2, 0) is 9.59 Å². The van der Waals surface area contributed by atoms with Gasteiger partial charge in [-0.2, -0.15) is 0 Å². The molecule has 2 aromatic rings. The molecule has 26 heavy (non-hydrogen) atoms. The number of nitrogens with zero attached hydrogens (tertiary/aromatic N) is 3. The quantitative estimate of drug-likeness (QED) is 0.779. The highest BCUT2D eigenvalue weighted by molar-refractivity contribution is 6.24. The van der Waals surface area contributed by atoms with Crippen LogP contribution in [0.5, 0.6) is 0 Å². The maximum atomic E-state index is 13.3. The van der Waals surface area contributed by atoms with Crippen LogP contribution in [0.3, 0.4) is 0 Å². The molecule has 0 radical (unpaired) electrons. The first-order chi connectivity index (χ1) is 12.7. The molecule has 0 N–H and O–H groups in total. The summed E-state index contributed by atoms with van der Waals surface area (Å²) in [4.78, 5) is 27.6. The van der Waals surface area contributed by atoms with Gasteiger partial charge in [0.2, 0.25) is 5.91 Å². The third kappa shape index (κ3) is 2.09. The summed E-state index contributed by atoms with van der Waals surface area (Å²) in [5.74, 6) is -1.23. The number of halogens is 1. The maximum Gasteiger partial charge on any atom is 0.253 e. The van der Waals surface area contributed by atoms with Gasteiger partial charge in [-0.05, 0) is 36.2 Å². The van der Waals surface area contributed by atoms with Gasteiger partial charge in [-0.1, -0.05) is 30.3 Å². The number of imide groups is 1. The van der Waals surface area contributed by atoms with Gasteiger partial charge in [0.05, 0.1) is 17.6 Å². The van der Waals surface area contributed by atoms with Crippen molar-refractivity contribution in [3.05, 3.63) is 66.0 Å². The standard InChI is InChI=1S/C20H18FN3O2/c21-14-7-9-15(10-8-14)24-19(25)16-17(13-5-2-1-3-6-13)22-11-4-12-23(22)18(16)20(24)26/h1-3,5-10,16-18H,4,11-12H2/t16-,17-,18+/m0/s1. The summed E-state index contributed by atoms with van der Waals surface area (Å²) in [5.41, 5.74) is 1.49. The topological polar surface area (TPSA) is 43.9 Å². The van der Waals surface area contributed by atoms with Crippen LogP contribution >= 0.6 is 0 Å². The van der Waals surface area contributed by atoms with E-state index in [9.17, 15) is 14.0 Å². The predicted octanol–water partition coefficient (Wildman–Crippen LogP) is 2.36. The smallest absolute Gasteiger partial charge is 0.253 e. The van der Waals surface area contributed by atoms with Crippen LogP contribution in [0.25, 0.3) is 0 Å². The number of hydrogen-bond donors (Lipinski definition) is 0. The van der Waals surface area contributed by atoms with Crippen molar-refractivity contribution in [2.45, 2.75) is 18.5 Å². The van der Waals surface area contributed by atoms with E-state index < -0.39 is 12.0 Å². The van der Waals surface area contributed by atoms with E-state index in [1.54, 1.807) is 0 Å². The molecule has 5 rings (SSSR count). The molecule has 0 aromatic heterocycles. The van der Waals surface area contributed by atoms with Gasteiger partial charge in [0, 0.05) is 13.1 Å². The van der Waals surface area contributed by atoms with Gasteiger partial charge in [-0.15, -0.1) is 0 Å². The summed E-state index contributed by atoms with van der Waals surface area (Å²) in [6.07, 6.45) is 0.977. The summed E-state index contributed by atoms with van der Waals surface area (Å²) >= 11 is 0. The van der Waals surface area contributed by atoms with E-state index in [-0.39, 0.29) is 23.7 Å². The third-order valence-electron chi connectivity index (χ3n) is 5.63. The second kappa shape index (κ2) is 5.72. The molecule has 0 saturated carbocycles. The molecule has 0 unspecified atom stereocenters. The summed E-state index contributed by atoms with van der Waals surface area (Å²) in [7, 11) is 0. The lowest BCUT2D eigenvalue weighted by atomic mass is 9.90. The minimum absolute atomic E-state index is 0.134. The van der Waals surface area contributed by atoms with Gasteiger partial charge in [-0.3, -0.25) is 9.59 Å². The van der Waals surface area contributed by atoms with Crippen molar-refractivity contribution in [1.82, 2.24) is 10.0 Å². The lowest BCUT2D eigenvalue weighted by molar-refractivity contribution is -0.126. The molecule has 6 heteroatoms. The molecular formula is C20H18FN3O2.